The van der Waals surface area contributed by atoms with E-state index in [0.29, 0.717) is 5.56 Å². The molecule has 0 heterocycles. The average Bonchev–Trinajstić information content (AvgIpc) is 2.19. The number of aryl methyl sites for hydroxylation is 1. The number of nitrogens with zero attached hydrogens (tertiary/aromatic N) is 1. The second-order valence-corrected chi connectivity index (χ2v) is 3.23. The summed E-state index contributed by atoms with van der Waals surface area (Å²) in [5.41, 5.74) is 0.435. The number of carbonyl (C=O) groups excluding carboxylic acids is 1. The first kappa shape index (κ1) is 12.1. The van der Waals surface area contributed by atoms with E-state index in [1.54, 1.807) is 6.07 Å². The number of amides is 1. The summed E-state index contributed by atoms with van der Waals surface area (Å²) in [7, 11) is 0. The van der Waals surface area contributed by atoms with Crippen molar-refractivity contribution in [3.63, 3.8) is 0 Å². The van der Waals surface area contributed by atoms with Gasteiger partial charge < -0.3 is 5.32 Å². The Hall–Kier alpha value is -1.98. The van der Waals surface area contributed by atoms with Gasteiger partial charge in [0.2, 0.25) is 5.91 Å². The molecule has 0 aliphatic rings. The summed E-state index contributed by atoms with van der Waals surface area (Å²) in [6.07, 6.45) is 0.126. The number of nitrogens with one attached hydrogen (secondary N) is 1. The Bertz CT molecular complexity index is 421. The molecule has 0 fully saturated rings. The van der Waals surface area contributed by atoms with E-state index in [-0.39, 0.29) is 23.7 Å². The molecule has 0 aliphatic heterocycles. The zero-order valence-electron chi connectivity index (χ0n) is 8.70. The van der Waals surface area contributed by atoms with E-state index in [1.165, 1.54) is 19.1 Å². The molecule has 1 N–H and O–H groups in total. The second kappa shape index (κ2) is 5.20. The van der Waals surface area contributed by atoms with Crippen molar-refractivity contribution < 1.29 is 14.1 Å². The predicted octanol–water partition coefficient (Wildman–Crippen LogP) is 2.07. The lowest BCUT2D eigenvalue weighted by molar-refractivity contribution is -0.384. The van der Waals surface area contributed by atoms with Crippen LogP contribution >= 0.6 is 0 Å². The van der Waals surface area contributed by atoms with E-state index >= 15 is 0 Å². The molecule has 0 aromatic heterocycles. The summed E-state index contributed by atoms with van der Waals surface area (Å²) >= 11 is 0. The fraction of sp³-hybridized carbons (Fsp3) is 0.300. The fourth-order valence-corrected chi connectivity index (χ4v) is 1.29. The van der Waals surface area contributed by atoms with Crippen LogP contribution in [-0.4, -0.2) is 17.5 Å². The predicted molar refractivity (Wildman–Crippen MR) is 57.1 cm³/mol. The Labute approximate surface area is 91.4 Å². The molecule has 6 heteroatoms. The molecule has 0 bridgehead atoms. The molecular weight excluding hydrogens is 215 g/mol. The van der Waals surface area contributed by atoms with Crippen LogP contribution in [0.1, 0.15) is 12.5 Å². The van der Waals surface area contributed by atoms with Crippen LogP contribution in [0.4, 0.5) is 15.8 Å². The van der Waals surface area contributed by atoms with Crippen molar-refractivity contribution in [2.24, 2.45) is 0 Å². The van der Waals surface area contributed by atoms with Crippen LogP contribution in [-0.2, 0) is 11.2 Å². The number of alkyl halides is 1. The number of nitro groups is 1. The summed E-state index contributed by atoms with van der Waals surface area (Å²) in [5.74, 6) is -0.388. The Morgan fingerprint density at radius 1 is 1.56 bits per heavy atom. The largest absolute Gasteiger partial charge is 0.321 e. The number of benzene rings is 1. The lowest BCUT2D eigenvalue weighted by Gasteiger charge is -2.05. The van der Waals surface area contributed by atoms with Crippen LogP contribution in [0, 0.1) is 10.1 Å². The maximum atomic E-state index is 12.1. The lowest BCUT2D eigenvalue weighted by Crippen LogP contribution is -2.08. The molecule has 5 nitrogen and oxygen atoms in total. The van der Waals surface area contributed by atoms with Crippen molar-refractivity contribution in [2.45, 2.75) is 13.3 Å². The van der Waals surface area contributed by atoms with Gasteiger partial charge in [0.15, 0.2) is 0 Å². The van der Waals surface area contributed by atoms with Crippen molar-refractivity contribution >= 4 is 17.3 Å². The molecule has 0 atom stereocenters. The van der Waals surface area contributed by atoms with Gasteiger partial charge in [0.05, 0.1) is 11.6 Å². The quantitative estimate of drug-likeness (QED) is 0.630. The molecule has 86 valence electrons. The van der Waals surface area contributed by atoms with Crippen LogP contribution in [0.2, 0.25) is 0 Å². The molecule has 0 saturated heterocycles. The highest BCUT2D eigenvalue weighted by atomic mass is 19.1. The Morgan fingerprint density at radius 2 is 2.25 bits per heavy atom. The third kappa shape index (κ3) is 3.01. The van der Waals surface area contributed by atoms with Crippen LogP contribution in [0.5, 0.6) is 0 Å². The molecule has 0 aliphatic carbocycles. The molecule has 0 spiro atoms. The molecule has 0 radical (unpaired) electrons. The van der Waals surface area contributed by atoms with Gasteiger partial charge in [-0.25, -0.2) is 0 Å². The van der Waals surface area contributed by atoms with Crippen LogP contribution in [0.15, 0.2) is 18.2 Å². The normalized spacial score (nSPS) is 9.88. The number of rotatable bonds is 4. The van der Waals surface area contributed by atoms with Gasteiger partial charge in [-0.15, -0.1) is 0 Å². The van der Waals surface area contributed by atoms with Gasteiger partial charge in [0.25, 0.3) is 5.69 Å². The lowest BCUT2D eigenvalue weighted by atomic mass is 10.1. The van der Waals surface area contributed by atoms with Gasteiger partial charge in [0, 0.05) is 19.4 Å². The molecule has 1 rings (SSSR count). The van der Waals surface area contributed by atoms with E-state index in [0.717, 1.165) is 0 Å². The van der Waals surface area contributed by atoms with Crippen molar-refractivity contribution in [3.05, 3.63) is 33.9 Å². The number of anilines is 1. The number of halogens is 1. The summed E-state index contributed by atoms with van der Waals surface area (Å²) in [6, 6.07) is 4.23. The van der Waals surface area contributed by atoms with Crippen LogP contribution < -0.4 is 5.32 Å². The number of hydrogen-bond acceptors (Lipinski definition) is 3. The minimum absolute atomic E-state index is 0.125. The SMILES string of the molecule is CC(=O)Nc1ccc(CCF)cc1[N+](=O)[O-]. The standard InChI is InChI=1S/C10H11FN2O3/c1-7(14)12-9-3-2-8(4-5-11)6-10(9)13(15)16/h2-3,6H,4-5H2,1H3,(H,12,14). The summed E-state index contributed by atoms with van der Waals surface area (Å²) in [6.45, 7) is 0.690. The summed E-state index contributed by atoms with van der Waals surface area (Å²) in [4.78, 5) is 20.9. The van der Waals surface area contributed by atoms with Gasteiger partial charge in [0.1, 0.15) is 5.69 Å². The number of carbonyl (C=O) groups is 1. The smallest absolute Gasteiger partial charge is 0.293 e. The zero-order chi connectivity index (χ0) is 12.1. The average molecular weight is 226 g/mol. The maximum Gasteiger partial charge on any atom is 0.293 e. The highest BCUT2D eigenvalue weighted by molar-refractivity contribution is 5.91. The summed E-state index contributed by atoms with van der Waals surface area (Å²) in [5, 5.41) is 13.1. The van der Waals surface area contributed by atoms with Gasteiger partial charge in [-0.1, -0.05) is 6.07 Å². The molecule has 16 heavy (non-hydrogen) atoms. The number of nitro benzene ring substituents is 1. The van der Waals surface area contributed by atoms with Crippen molar-refractivity contribution in [1.29, 1.82) is 0 Å². The second-order valence-electron chi connectivity index (χ2n) is 3.23. The van der Waals surface area contributed by atoms with E-state index in [9.17, 15) is 19.3 Å². The maximum absolute atomic E-state index is 12.1. The van der Waals surface area contributed by atoms with Crippen molar-refractivity contribution in [3.8, 4) is 0 Å². The first-order valence-electron chi connectivity index (χ1n) is 4.65. The molecular formula is C10H11FN2O3. The molecule has 0 saturated carbocycles. The number of hydrogen-bond donors (Lipinski definition) is 1. The van der Waals surface area contributed by atoms with Gasteiger partial charge >= 0.3 is 0 Å². The van der Waals surface area contributed by atoms with Crippen LogP contribution in [0.3, 0.4) is 0 Å². The molecule has 1 aromatic rings. The first-order chi connectivity index (χ1) is 7.54. The summed E-state index contributed by atoms with van der Waals surface area (Å²) < 4.78 is 12.1. The monoisotopic (exact) mass is 226 g/mol. The zero-order valence-corrected chi connectivity index (χ0v) is 8.70. The minimum atomic E-state index is -0.604. The topological polar surface area (TPSA) is 72.2 Å². The molecule has 1 amide bonds. The highest BCUT2D eigenvalue weighted by Crippen LogP contribution is 2.25. The Morgan fingerprint density at radius 3 is 2.75 bits per heavy atom. The Balaban J connectivity index is 3.08. The van der Waals surface area contributed by atoms with Crippen LogP contribution in [0.25, 0.3) is 0 Å². The Kier molecular flexibility index (Phi) is 3.93. The van der Waals surface area contributed by atoms with E-state index < -0.39 is 11.6 Å². The minimum Gasteiger partial charge on any atom is -0.321 e. The van der Waals surface area contributed by atoms with E-state index in [2.05, 4.69) is 5.32 Å². The third-order valence-corrected chi connectivity index (χ3v) is 1.95. The van der Waals surface area contributed by atoms with Crippen molar-refractivity contribution in [2.75, 3.05) is 12.0 Å². The van der Waals surface area contributed by atoms with E-state index in [1.807, 2.05) is 0 Å². The third-order valence-electron chi connectivity index (χ3n) is 1.95. The van der Waals surface area contributed by atoms with Gasteiger partial charge in [-0.2, -0.15) is 0 Å². The first-order valence-corrected chi connectivity index (χ1v) is 4.65. The highest BCUT2D eigenvalue weighted by Gasteiger charge is 2.15. The molecule has 0 unspecified atom stereocenters. The molecule has 1 aromatic carbocycles. The fourth-order valence-electron chi connectivity index (χ4n) is 1.29. The van der Waals surface area contributed by atoms with Gasteiger partial charge in [-0.3, -0.25) is 19.3 Å². The van der Waals surface area contributed by atoms with Crippen molar-refractivity contribution in [1.82, 2.24) is 0 Å². The van der Waals surface area contributed by atoms with Gasteiger partial charge in [-0.05, 0) is 11.6 Å². The van der Waals surface area contributed by atoms with E-state index in [4.69, 9.17) is 0 Å².